The lowest BCUT2D eigenvalue weighted by molar-refractivity contribution is 0.0589. The average molecular weight is 297 g/mol. The monoisotopic (exact) mass is 297 g/mol. The maximum atomic E-state index is 12.2. The molecule has 1 aliphatic carbocycles. The van der Waals surface area contributed by atoms with Crippen LogP contribution in [0.2, 0.25) is 0 Å². The highest BCUT2D eigenvalue weighted by Gasteiger charge is 2.23. The van der Waals surface area contributed by atoms with Crippen LogP contribution < -0.4 is 5.43 Å². The molecule has 1 aliphatic rings. The number of H-pyrrole nitrogens is 1. The van der Waals surface area contributed by atoms with E-state index in [9.17, 15) is 4.79 Å². The van der Waals surface area contributed by atoms with E-state index < -0.39 is 0 Å². The fraction of sp³-hybridized carbons (Fsp3) is 0.412. The van der Waals surface area contributed by atoms with Crippen LogP contribution in [-0.4, -0.2) is 27.7 Å². The molecule has 0 amide bonds. The number of ether oxygens (including phenoxy) is 1. The SMILES string of the molecule is COC1CCC(n2ccc(=O)c3cnc4[nH]ccc4c32)CC1. The van der Waals surface area contributed by atoms with Gasteiger partial charge in [0, 0.05) is 43.2 Å². The zero-order valence-electron chi connectivity index (χ0n) is 12.6. The van der Waals surface area contributed by atoms with Crippen molar-refractivity contribution in [2.24, 2.45) is 0 Å². The second-order valence-corrected chi connectivity index (χ2v) is 6.01. The molecule has 5 heteroatoms. The molecule has 5 nitrogen and oxygen atoms in total. The van der Waals surface area contributed by atoms with Gasteiger partial charge in [0.1, 0.15) is 5.65 Å². The van der Waals surface area contributed by atoms with Crippen molar-refractivity contribution >= 4 is 21.9 Å². The van der Waals surface area contributed by atoms with Gasteiger partial charge in [0.2, 0.25) is 0 Å². The van der Waals surface area contributed by atoms with E-state index in [-0.39, 0.29) is 5.43 Å². The van der Waals surface area contributed by atoms with Crippen LogP contribution in [0.1, 0.15) is 31.7 Å². The lowest BCUT2D eigenvalue weighted by Crippen LogP contribution is -2.23. The molecule has 1 N–H and O–H groups in total. The van der Waals surface area contributed by atoms with E-state index in [1.165, 1.54) is 0 Å². The zero-order chi connectivity index (χ0) is 15.1. The summed E-state index contributed by atoms with van der Waals surface area (Å²) < 4.78 is 7.73. The number of hydrogen-bond acceptors (Lipinski definition) is 3. The van der Waals surface area contributed by atoms with E-state index in [1.807, 2.05) is 18.5 Å². The molecule has 0 unspecified atom stereocenters. The number of fused-ring (bicyclic) bond motifs is 3. The summed E-state index contributed by atoms with van der Waals surface area (Å²) >= 11 is 0. The van der Waals surface area contributed by atoms with Crippen molar-refractivity contribution in [3.05, 3.63) is 40.9 Å². The molecule has 3 aromatic rings. The van der Waals surface area contributed by atoms with Crippen LogP contribution in [0.25, 0.3) is 21.9 Å². The predicted molar refractivity (Wildman–Crippen MR) is 86.2 cm³/mol. The summed E-state index contributed by atoms with van der Waals surface area (Å²) in [6.45, 7) is 0. The van der Waals surface area contributed by atoms with Gasteiger partial charge < -0.3 is 14.3 Å². The second-order valence-electron chi connectivity index (χ2n) is 6.01. The standard InChI is InChI=1S/C17H19N3O2/c1-22-12-4-2-11(3-5-12)20-9-7-15(21)14-10-19-17-13(16(14)20)6-8-18-17/h6-12H,2-5H2,1H3,(H,18,19). The highest BCUT2D eigenvalue weighted by Crippen LogP contribution is 2.33. The molecule has 0 aliphatic heterocycles. The highest BCUT2D eigenvalue weighted by atomic mass is 16.5. The van der Waals surface area contributed by atoms with Gasteiger partial charge in [0.25, 0.3) is 0 Å². The smallest absolute Gasteiger partial charge is 0.190 e. The van der Waals surface area contributed by atoms with Gasteiger partial charge in [0.15, 0.2) is 5.43 Å². The van der Waals surface area contributed by atoms with Gasteiger partial charge in [-0.1, -0.05) is 0 Å². The largest absolute Gasteiger partial charge is 0.381 e. The number of rotatable bonds is 2. The normalized spacial score (nSPS) is 22.4. The molecule has 22 heavy (non-hydrogen) atoms. The fourth-order valence-electron chi connectivity index (χ4n) is 3.63. The van der Waals surface area contributed by atoms with E-state index >= 15 is 0 Å². The first kappa shape index (κ1) is 13.5. The van der Waals surface area contributed by atoms with E-state index in [1.54, 1.807) is 19.4 Å². The summed E-state index contributed by atoms with van der Waals surface area (Å²) in [6, 6.07) is 4.07. The molecule has 0 atom stereocenters. The van der Waals surface area contributed by atoms with Crippen molar-refractivity contribution in [3.8, 4) is 0 Å². The fourth-order valence-corrected chi connectivity index (χ4v) is 3.63. The third-order valence-electron chi connectivity index (χ3n) is 4.84. The summed E-state index contributed by atoms with van der Waals surface area (Å²) in [5.74, 6) is 0. The lowest BCUT2D eigenvalue weighted by Gasteiger charge is -2.30. The third-order valence-corrected chi connectivity index (χ3v) is 4.84. The topological polar surface area (TPSA) is 59.9 Å². The quantitative estimate of drug-likeness (QED) is 0.791. The Labute approximate surface area is 127 Å². The first-order valence-corrected chi connectivity index (χ1v) is 7.77. The molecule has 0 spiro atoms. The van der Waals surface area contributed by atoms with Crippen LogP contribution in [-0.2, 0) is 4.74 Å². The van der Waals surface area contributed by atoms with E-state index in [0.717, 1.165) is 42.2 Å². The molecule has 4 rings (SSSR count). The number of aromatic nitrogens is 3. The average Bonchev–Trinajstić information content (AvgIpc) is 3.04. The van der Waals surface area contributed by atoms with Crippen LogP contribution in [0.3, 0.4) is 0 Å². The van der Waals surface area contributed by atoms with Crippen molar-refractivity contribution in [2.75, 3.05) is 7.11 Å². The molecule has 0 saturated heterocycles. The summed E-state index contributed by atoms with van der Waals surface area (Å²) in [6.07, 6.45) is 10.2. The molecule has 114 valence electrons. The summed E-state index contributed by atoms with van der Waals surface area (Å²) in [7, 11) is 1.79. The first-order chi connectivity index (χ1) is 10.8. The summed E-state index contributed by atoms with van der Waals surface area (Å²) in [4.78, 5) is 19.7. The van der Waals surface area contributed by atoms with Crippen molar-refractivity contribution in [2.45, 2.75) is 37.8 Å². The Balaban J connectivity index is 1.89. The van der Waals surface area contributed by atoms with Crippen molar-refractivity contribution < 1.29 is 4.74 Å². The Hall–Kier alpha value is -2.14. The van der Waals surface area contributed by atoms with Gasteiger partial charge in [0.05, 0.1) is 17.0 Å². The van der Waals surface area contributed by atoms with E-state index in [0.29, 0.717) is 17.5 Å². The van der Waals surface area contributed by atoms with Crippen LogP contribution in [0.15, 0.2) is 35.5 Å². The van der Waals surface area contributed by atoms with Crippen LogP contribution in [0.4, 0.5) is 0 Å². The summed E-state index contributed by atoms with van der Waals surface area (Å²) in [5.41, 5.74) is 1.87. The van der Waals surface area contributed by atoms with Gasteiger partial charge >= 0.3 is 0 Å². The van der Waals surface area contributed by atoms with Crippen LogP contribution >= 0.6 is 0 Å². The van der Waals surface area contributed by atoms with Gasteiger partial charge in [-0.3, -0.25) is 4.79 Å². The number of aromatic amines is 1. The number of nitrogens with one attached hydrogen (secondary N) is 1. The van der Waals surface area contributed by atoms with Gasteiger partial charge in [-0.15, -0.1) is 0 Å². The van der Waals surface area contributed by atoms with Crippen molar-refractivity contribution in [1.29, 1.82) is 0 Å². The van der Waals surface area contributed by atoms with E-state index in [2.05, 4.69) is 14.5 Å². The Morgan fingerprint density at radius 1 is 1.23 bits per heavy atom. The maximum absolute atomic E-state index is 12.2. The Bertz CT molecular complexity index is 872. The molecule has 0 bridgehead atoms. The van der Waals surface area contributed by atoms with Gasteiger partial charge in [-0.25, -0.2) is 4.98 Å². The molecule has 1 saturated carbocycles. The summed E-state index contributed by atoms with van der Waals surface area (Å²) in [5, 5.41) is 1.72. The second kappa shape index (κ2) is 5.25. The minimum atomic E-state index is 0.0347. The lowest BCUT2D eigenvalue weighted by atomic mass is 9.92. The van der Waals surface area contributed by atoms with Gasteiger partial charge in [-0.2, -0.15) is 0 Å². The molecule has 3 heterocycles. The van der Waals surface area contributed by atoms with Crippen molar-refractivity contribution in [1.82, 2.24) is 14.5 Å². The Morgan fingerprint density at radius 3 is 2.82 bits per heavy atom. The van der Waals surface area contributed by atoms with Gasteiger partial charge in [-0.05, 0) is 31.7 Å². The minimum Gasteiger partial charge on any atom is -0.381 e. The molecular weight excluding hydrogens is 278 g/mol. The van der Waals surface area contributed by atoms with Crippen molar-refractivity contribution in [3.63, 3.8) is 0 Å². The minimum absolute atomic E-state index is 0.0347. The number of pyridine rings is 2. The zero-order valence-corrected chi connectivity index (χ0v) is 12.6. The van der Waals surface area contributed by atoms with Crippen LogP contribution in [0.5, 0.6) is 0 Å². The maximum Gasteiger partial charge on any atom is 0.190 e. The number of methoxy groups -OCH3 is 1. The van der Waals surface area contributed by atoms with Crippen LogP contribution in [0, 0.1) is 0 Å². The number of hydrogen-bond donors (Lipinski definition) is 1. The van der Waals surface area contributed by atoms with E-state index in [4.69, 9.17) is 4.74 Å². The molecule has 3 aromatic heterocycles. The predicted octanol–water partition coefficient (Wildman–Crippen LogP) is 3.01. The Morgan fingerprint density at radius 2 is 2.05 bits per heavy atom. The molecule has 0 aromatic carbocycles. The number of nitrogens with zero attached hydrogens (tertiary/aromatic N) is 2. The molecule has 1 fully saturated rings. The highest BCUT2D eigenvalue weighted by molar-refractivity contribution is 6.02. The first-order valence-electron chi connectivity index (χ1n) is 7.77. The Kier molecular flexibility index (Phi) is 3.22. The third kappa shape index (κ3) is 2.04. The molecular formula is C17H19N3O2. The molecule has 0 radical (unpaired) electrons.